The van der Waals surface area contributed by atoms with Gasteiger partial charge in [-0.3, -0.25) is 4.90 Å². The van der Waals surface area contributed by atoms with Crippen LogP contribution in [0.5, 0.6) is 5.75 Å². The number of rotatable bonds is 1. The first kappa shape index (κ1) is 11.3. The van der Waals surface area contributed by atoms with Gasteiger partial charge in [0, 0.05) is 6.04 Å². The van der Waals surface area contributed by atoms with Crippen molar-refractivity contribution in [3.05, 3.63) is 23.8 Å². The molecular weight excluding hydrogens is 232 g/mol. The first-order chi connectivity index (χ1) is 8.77. The van der Waals surface area contributed by atoms with E-state index in [1.54, 1.807) is 17.0 Å². The molecule has 0 spiro atoms. The second-order valence-electron chi connectivity index (χ2n) is 4.68. The van der Waals surface area contributed by atoms with Gasteiger partial charge in [0.05, 0.1) is 11.3 Å². The molecule has 0 saturated carbocycles. The molecule has 1 aromatic carbocycles. The number of nitrogens with zero attached hydrogens (tertiary/aromatic N) is 1. The molecule has 0 atom stereocenters. The number of hydrogen-bond donors (Lipinski definition) is 2. The maximum atomic E-state index is 12.0. The number of nitrogens with one attached hydrogen (secondary N) is 1. The number of fused-ring (bicyclic) bond motifs is 1. The van der Waals surface area contributed by atoms with Gasteiger partial charge in [0.25, 0.3) is 0 Å². The Morgan fingerprint density at radius 2 is 2.11 bits per heavy atom. The van der Waals surface area contributed by atoms with Gasteiger partial charge in [-0.25, -0.2) is 4.79 Å². The van der Waals surface area contributed by atoms with Crippen LogP contribution in [-0.2, 0) is 11.3 Å². The van der Waals surface area contributed by atoms with E-state index in [2.05, 4.69) is 5.32 Å². The average molecular weight is 248 g/mol. The molecular formula is C13H16N2O3. The van der Waals surface area contributed by atoms with E-state index in [1.165, 1.54) is 0 Å². The van der Waals surface area contributed by atoms with Crippen LogP contribution in [0.4, 0.5) is 10.5 Å². The third-order valence-electron chi connectivity index (χ3n) is 3.60. The Labute approximate surface area is 105 Å². The summed E-state index contributed by atoms with van der Waals surface area (Å²) in [6.07, 6.45) is 1.51. The zero-order chi connectivity index (χ0) is 12.5. The second kappa shape index (κ2) is 4.49. The maximum absolute atomic E-state index is 12.0. The molecule has 1 aromatic rings. The average Bonchev–Trinajstić information content (AvgIpc) is 2.40. The Balaban J connectivity index is 1.98. The van der Waals surface area contributed by atoms with Crippen molar-refractivity contribution in [1.82, 2.24) is 5.32 Å². The summed E-state index contributed by atoms with van der Waals surface area (Å²) in [5.74, 6) is 0.193. The summed E-state index contributed by atoms with van der Waals surface area (Å²) in [6, 6.07) is 5.41. The van der Waals surface area contributed by atoms with Gasteiger partial charge < -0.3 is 15.2 Å². The zero-order valence-electron chi connectivity index (χ0n) is 10.1. The number of piperidine rings is 1. The van der Waals surface area contributed by atoms with Gasteiger partial charge in [-0.05, 0) is 38.1 Å². The third kappa shape index (κ3) is 1.80. The molecule has 0 radical (unpaired) electrons. The van der Waals surface area contributed by atoms with Crippen LogP contribution in [0.1, 0.15) is 18.4 Å². The number of hydrogen-bond acceptors (Lipinski definition) is 4. The molecule has 0 aromatic heterocycles. The van der Waals surface area contributed by atoms with Crippen molar-refractivity contribution in [2.45, 2.75) is 25.5 Å². The van der Waals surface area contributed by atoms with E-state index in [1.807, 2.05) is 6.07 Å². The highest BCUT2D eigenvalue weighted by Crippen LogP contribution is 2.35. The molecule has 96 valence electrons. The fourth-order valence-corrected chi connectivity index (χ4v) is 2.65. The van der Waals surface area contributed by atoms with Gasteiger partial charge in [-0.2, -0.15) is 0 Å². The maximum Gasteiger partial charge on any atom is 0.414 e. The topological polar surface area (TPSA) is 61.8 Å². The lowest BCUT2D eigenvalue weighted by Gasteiger charge is -2.37. The lowest BCUT2D eigenvalue weighted by Crippen LogP contribution is -2.48. The van der Waals surface area contributed by atoms with E-state index >= 15 is 0 Å². The van der Waals surface area contributed by atoms with Crippen LogP contribution in [0.15, 0.2) is 18.2 Å². The Bertz CT molecular complexity index is 469. The summed E-state index contributed by atoms with van der Waals surface area (Å²) in [5.41, 5.74) is 1.49. The van der Waals surface area contributed by atoms with Crippen molar-refractivity contribution in [3.63, 3.8) is 0 Å². The largest absolute Gasteiger partial charge is 0.507 e. The number of benzene rings is 1. The number of amides is 1. The van der Waals surface area contributed by atoms with Crippen molar-refractivity contribution >= 4 is 11.8 Å². The molecule has 2 N–H and O–H groups in total. The van der Waals surface area contributed by atoms with Crippen LogP contribution < -0.4 is 10.2 Å². The van der Waals surface area contributed by atoms with E-state index in [0.717, 1.165) is 31.6 Å². The normalized spacial score (nSPS) is 20.4. The Morgan fingerprint density at radius 1 is 1.33 bits per heavy atom. The number of phenolic OH excluding ortho intramolecular Hbond substituents is 1. The molecule has 1 saturated heterocycles. The summed E-state index contributed by atoms with van der Waals surface area (Å²) in [4.78, 5) is 13.7. The van der Waals surface area contributed by atoms with Crippen LogP contribution >= 0.6 is 0 Å². The fraction of sp³-hybridized carbons (Fsp3) is 0.462. The molecule has 2 aliphatic rings. The summed E-state index contributed by atoms with van der Waals surface area (Å²) in [7, 11) is 0. The molecule has 1 fully saturated rings. The van der Waals surface area contributed by atoms with Crippen LogP contribution in [-0.4, -0.2) is 30.3 Å². The van der Waals surface area contributed by atoms with E-state index < -0.39 is 0 Å². The second-order valence-corrected chi connectivity index (χ2v) is 4.68. The zero-order valence-corrected chi connectivity index (χ0v) is 10.1. The number of aromatic hydroxyl groups is 1. The van der Waals surface area contributed by atoms with Crippen molar-refractivity contribution in [1.29, 1.82) is 0 Å². The predicted molar refractivity (Wildman–Crippen MR) is 66.7 cm³/mol. The highest BCUT2D eigenvalue weighted by molar-refractivity contribution is 5.91. The van der Waals surface area contributed by atoms with Crippen LogP contribution in [0, 0.1) is 0 Å². The first-order valence-corrected chi connectivity index (χ1v) is 6.25. The molecule has 2 aliphatic heterocycles. The highest BCUT2D eigenvalue weighted by atomic mass is 16.6. The predicted octanol–water partition coefficient (Wildman–Crippen LogP) is 1.60. The van der Waals surface area contributed by atoms with Gasteiger partial charge in [0.15, 0.2) is 0 Å². The smallest absolute Gasteiger partial charge is 0.414 e. The van der Waals surface area contributed by atoms with Crippen molar-refractivity contribution < 1.29 is 14.6 Å². The molecule has 5 heteroatoms. The van der Waals surface area contributed by atoms with Crippen LogP contribution in [0.2, 0.25) is 0 Å². The molecule has 0 unspecified atom stereocenters. The number of cyclic esters (lactones) is 1. The van der Waals surface area contributed by atoms with E-state index in [-0.39, 0.29) is 24.5 Å². The quantitative estimate of drug-likeness (QED) is 0.792. The Hall–Kier alpha value is -1.75. The SMILES string of the molecule is O=C1OCc2c(O)cccc2N1C1CCNCC1. The Morgan fingerprint density at radius 3 is 2.89 bits per heavy atom. The molecule has 18 heavy (non-hydrogen) atoms. The van der Waals surface area contributed by atoms with Crippen LogP contribution in [0.3, 0.4) is 0 Å². The molecule has 5 nitrogen and oxygen atoms in total. The summed E-state index contributed by atoms with van der Waals surface area (Å²) in [5, 5.41) is 13.1. The number of ether oxygens (including phenoxy) is 1. The minimum atomic E-state index is -0.306. The summed E-state index contributed by atoms with van der Waals surface area (Å²) < 4.78 is 5.16. The first-order valence-electron chi connectivity index (χ1n) is 6.25. The van der Waals surface area contributed by atoms with Gasteiger partial charge in [0.1, 0.15) is 12.4 Å². The Kier molecular flexibility index (Phi) is 2.83. The van der Waals surface area contributed by atoms with Crippen molar-refractivity contribution in [2.75, 3.05) is 18.0 Å². The molecule has 0 aliphatic carbocycles. The fourth-order valence-electron chi connectivity index (χ4n) is 2.65. The van der Waals surface area contributed by atoms with E-state index in [4.69, 9.17) is 4.74 Å². The van der Waals surface area contributed by atoms with Crippen LogP contribution in [0.25, 0.3) is 0 Å². The lowest BCUT2D eigenvalue weighted by molar-refractivity contribution is 0.136. The minimum Gasteiger partial charge on any atom is -0.507 e. The van der Waals surface area contributed by atoms with Gasteiger partial charge in [-0.1, -0.05) is 6.07 Å². The lowest BCUT2D eigenvalue weighted by atomic mass is 10.0. The monoisotopic (exact) mass is 248 g/mol. The minimum absolute atomic E-state index is 0.152. The molecule has 3 rings (SSSR count). The van der Waals surface area contributed by atoms with Crippen molar-refractivity contribution in [2.24, 2.45) is 0 Å². The highest BCUT2D eigenvalue weighted by Gasteiger charge is 2.33. The third-order valence-corrected chi connectivity index (χ3v) is 3.60. The number of carbonyl (C=O) groups is 1. The molecule has 0 bridgehead atoms. The van der Waals surface area contributed by atoms with Gasteiger partial charge in [0.2, 0.25) is 0 Å². The van der Waals surface area contributed by atoms with E-state index in [9.17, 15) is 9.90 Å². The standard InChI is InChI=1S/C13H16N2O3/c16-12-3-1-2-11-10(12)8-18-13(17)15(11)9-4-6-14-7-5-9/h1-3,9,14,16H,4-8H2. The number of carbonyl (C=O) groups excluding carboxylic acids is 1. The molecule has 2 heterocycles. The summed E-state index contributed by atoms with van der Waals surface area (Å²) >= 11 is 0. The van der Waals surface area contributed by atoms with Crippen molar-refractivity contribution in [3.8, 4) is 5.75 Å². The number of anilines is 1. The number of phenols is 1. The summed E-state index contributed by atoms with van der Waals surface area (Å²) in [6.45, 7) is 1.97. The van der Waals surface area contributed by atoms with Gasteiger partial charge >= 0.3 is 6.09 Å². The van der Waals surface area contributed by atoms with Gasteiger partial charge in [-0.15, -0.1) is 0 Å². The van der Waals surface area contributed by atoms with E-state index in [0.29, 0.717) is 5.56 Å². The molecule has 1 amide bonds.